The summed E-state index contributed by atoms with van der Waals surface area (Å²) in [6.45, 7) is 0. The standard InChI is InChI=1S/C17H10Cl3N3O4/c1-27-16-13(19)5-9(6-14(16)20)4-10(8-21)17(24)22-15-7-11(23(25)26)2-3-12(15)18/h2-7H,1H3,(H,22,24)/b10-4+. The number of nitrogens with one attached hydrogen (secondary N) is 1. The Kier molecular flexibility index (Phi) is 6.64. The number of hydrogen-bond acceptors (Lipinski definition) is 5. The number of non-ortho nitro benzene ring substituents is 1. The van der Waals surface area contributed by atoms with Crippen LogP contribution in [-0.4, -0.2) is 17.9 Å². The SMILES string of the molecule is COc1c(Cl)cc(/C=C(\C#N)C(=O)Nc2cc([N+](=O)[O-])ccc2Cl)cc1Cl. The zero-order valence-electron chi connectivity index (χ0n) is 13.6. The lowest BCUT2D eigenvalue weighted by molar-refractivity contribution is -0.384. The van der Waals surface area contributed by atoms with E-state index in [9.17, 15) is 20.2 Å². The maximum absolute atomic E-state index is 12.4. The fourth-order valence-electron chi connectivity index (χ4n) is 2.09. The maximum atomic E-state index is 12.4. The second-order valence-electron chi connectivity index (χ2n) is 5.06. The van der Waals surface area contributed by atoms with Gasteiger partial charge in [-0.3, -0.25) is 14.9 Å². The Morgan fingerprint density at radius 1 is 1.22 bits per heavy atom. The fraction of sp³-hybridized carbons (Fsp3) is 0.0588. The number of carbonyl (C=O) groups excluding carboxylic acids is 1. The molecule has 0 saturated heterocycles. The van der Waals surface area contributed by atoms with Gasteiger partial charge in [0.15, 0.2) is 5.75 Å². The topological polar surface area (TPSA) is 105 Å². The van der Waals surface area contributed by atoms with E-state index in [1.165, 1.54) is 37.5 Å². The average Bonchev–Trinajstić information content (AvgIpc) is 2.61. The van der Waals surface area contributed by atoms with Gasteiger partial charge in [-0.1, -0.05) is 34.8 Å². The monoisotopic (exact) mass is 425 g/mol. The molecule has 0 atom stereocenters. The summed E-state index contributed by atoms with van der Waals surface area (Å²) in [6.07, 6.45) is 1.26. The van der Waals surface area contributed by atoms with E-state index in [1.54, 1.807) is 6.07 Å². The number of carbonyl (C=O) groups is 1. The lowest BCUT2D eigenvalue weighted by atomic mass is 10.1. The maximum Gasteiger partial charge on any atom is 0.271 e. The molecule has 0 aromatic heterocycles. The van der Waals surface area contributed by atoms with Gasteiger partial charge in [0.25, 0.3) is 11.6 Å². The molecule has 2 rings (SSSR count). The summed E-state index contributed by atoms with van der Waals surface area (Å²) in [5.41, 5.74) is -0.147. The van der Waals surface area contributed by atoms with Gasteiger partial charge in [-0.25, -0.2) is 0 Å². The molecule has 7 nitrogen and oxygen atoms in total. The van der Waals surface area contributed by atoms with E-state index in [2.05, 4.69) is 5.32 Å². The van der Waals surface area contributed by atoms with Crippen LogP contribution in [0, 0.1) is 21.4 Å². The molecule has 1 amide bonds. The number of nitro benzene ring substituents is 1. The summed E-state index contributed by atoms with van der Waals surface area (Å²) in [6, 6.07) is 8.25. The summed E-state index contributed by atoms with van der Waals surface area (Å²) < 4.78 is 5.03. The van der Waals surface area contributed by atoms with Gasteiger partial charge in [0.05, 0.1) is 32.8 Å². The molecule has 0 aliphatic rings. The molecule has 1 N–H and O–H groups in total. The van der Waals surface area contributed by atoms with Gasteiger partial charge in [-0.15, -0.1) is 0 Å². The zero-order chi connectivity index (χ0) is 20.1. The van der Waals surface area contributed by atoms with E-state index in [0.717, 1.165) is 6.07 Å². The Morgan fingerprint density at radius 2 is 1.85 bits per heavy atom. The fourth-order valence-corrected chi connectivity index (χ4v) is 2.91. The Balaban J connectivity index is 2.34. The predicted molar refractivity (Wildman–Crippen MR) is 103 cm³/mol. The van der Waals surface area contributed by atoms with Crippen molar-refractivity contribution in [1.82, 2.24) is 0 Å². The molecule has 0 saturated carbocycles. The highest BCUT2D eigenvalue weighted by molar-refractivity contribution is 6.37. The molecule has 0 radical (unpaired) electrons. The smallest absolute Gasteiger partial charge is 0.271 e. The number of hydrogen-bond donors (Lipinski definition) is 1. The molecule has 0 spiro atoms. The molecule has 0 aliphatic heterocycles. The summed E-state index contributed by atoms with van der Waals surface area (Å²) in [7, 11) is 1.40. The first kappa shape index (κ1) is 20.5. The Bertz CT molecular complexity index is 976. The van der Waals surface area contributed by atoms with Crippen molar-refractivity contribution in [2.45, 2.75) is 0 Å². The van der Waals surface area contributed by atoms with Gasteiger partial charge in [-0.05, 0) is 29.8 Å². The summed E-state index contributed by atoms with van der Waals surface area (Å²) >= 11 is 18.0. The van der Waals surface area contributed by atoms with Crippen LogP contribution in [0.1, 0.15) is 5.56 Å². The molecule has 2 aromatic carbocycles. The van der Waals surface area contributed by atoms with Crippen molar-refractivity contribution < 1.29 is 14.5 Å². The van der Waals surface area contributed by atoms with Gasteiger partial charge >= 0.3 is 0 Å². The first-order valence-corrected chi connectivity index (χ1v) is 8.30. The Labute approximate surface area is 168 Å². The number of rotatable bonds is 5. The van der Waals surface area contributed by atoms with Crippen molar-refractivity contribution in [3.8, 4) is 11.8 Å². The molecule has 2 aromatic rings. The van der Waals surface area contributed by atoms with Crippen LogP contribution >= 0.6 is 34.8 Å². The molecule has 0 bridgehead atoms. The molecular weight excluding hydrogens is 417 g/mol. The average molecular weight is 427 g/mol. The number of nitrogens with zero attached hydrogens (tertiary/aromatic N) is 2. The third-order valence-corrected chi connectivity index (χ3v) is 4.20. The normalized spacial score (nSPS) is 10.9. The van der Waals surface area contributed by atoms with Crippen LogP contribution in [0.2, 0.25) is 15.1 Å². The van der Waals surface area contributed by atoms with Crippen LogP contribution in [0.4, 0.5) is 11.4 Å². The minimum atomic E-state index is -0.803. The zero-order valence-corrected chi connectivity index (χ0v) is 15.9. The van der Waals surface area contributed by atoms with Crippen LogP contribution in [-0.2, 0) is 4.79 Å². The molecule has 0 fully saturated rings. The van der Waals surface area contributed by atoms with Gasteiger partial charge < -0.3 is 10.1 Å². The molecule has 0 aliphatic carbocycles. The Hall–Kier alpha value is -2.79. The first-order chi connectivity index (χ1) is 12.8. The second kappa shape index (κ2) is 8.73. The van der Waals surface area contributed by atoms with Crippen LogP contribution in [0.15, 0.2) is 35.9 Å². The van der Waals surface area contributed by atoms with E-state index >= 15 is 0 Å². The highest BCUT2D eigenvalue weighted by atomic mass is 35.5. The van der Waals surface area contributed by atoms with Gasteiger partial charge in [0, 0.05) is 12.1 Å². The van der Waals surface area contributed by atoms with Crippen molar-refractivity contribution >= 4 is 58.2 Å². The largest absolute Gasteiger partial charge is 0.494 e. The van der Waals surface area contributed by atoms with E-state index in [0.29, 0.717) is 5.56 Å². The van der Waals surface area contributed by atoms with Crippen molar-refractivity contribution in [1.29, 1.82) is 5.26 Å². The number of ether oxygens (including phenoxy) is 1. The van der Waals surface area contributed by atoms with Crippen LogP contribution < -0.4 is 10.1 Å². The minimum Gasteiger partial charge on any atom is -0.494 e. The van der Waals surface area contributed by atoms with Crippen molar-refractivity contribution in [2.75, 3.05) is 12.4 Å². The quantitative estimate of drug-likeness (QED) is 0.309. The van der Waals surface area contributed by atoms with Gasteiger partial charge in [0.2, 0.25) is 0 Å². The van der Waals surface area contributed by atoms with Crippen LogP contribution in [0.3, 0.4) is 0 Å². The first-order valence-electron chi connectivity index (χ1n) is 7.17. The van der Waals surface area contributed by atoms with Crippen LogP contribution in [0.25, 0.3) is 6.08 Å². The molecular formula is C17H10Cl3N3O4. The van der Waals surface area contributed by atoms with Crippen molar-refractivity contribution in [3.05, 3.63) is 66.7 Å². The lowest BCUT2D eigenvalue weighted by Gasteiger charge is -2.08. The third-order valence-electron chi connectivity index (χ3n) is 3.31. The number of nitriles is 1. The van der Waals surface area contributed by atoms with Gasteiger partial charge in [0.1, 0.15) is 11.6 Å². The number of amides is 1. The van der Waals surface area contributed by atoms with Crippen molar-refractivity contribution in [3.63, 3.8) is 0 Å². The van der Waals surface area contributed by atoms with Crippen LogP contribution in [0.5, 0.6) is 5.75 Å². The second-order valence-corrected chi connectivity index (χ2v) is 6.28. The predicted octanol–water partition coefficient (Wildman–Crippen LogP) is 5.11. The number of halogens is 3. The van der Waals surface area contributed by atoms with E-state index in [1.807, 2.05) is 0 Å². The summed E-state index contributed by atoms with van der Waals surface area (Å²) in [4.78, 5) is 22.6. The third kappa shape index (κ3) is 4.89. The molecule has 27 heavy (non-hydrogen) atoms. The highest BCUT2D eigenvalue weighted by Crippen LogP contribution is 2.34. The number of benzene rings is 2. The van der Waals surface area contributed by atoms with E-state index < -0.39 is 10.8 Å². The lowest BCUT2D eigenvalue weighted by Crippen LogP contribution is -2.14. The van der Waals surface area contributed by atoms with E-state index in [-0.39, 0.29) is 37.8 Å². The minimum absolute atomic E-state index is 0.00260. The Morgan fingerprint density at radius 3 is 2.37 bits per heavy atom. The molecule has 10 heteroatoms. The number of methoxy groups -OCH3 is 1. The molecule has 138 valence electrons. The number of nitro groups is 1. The number of anilines is 1. The molecule has 0 heterocycles. The van der Waals surface area contributed by atoms with Gasteiger partial charge in [-0.2, -0.15) is 5.26 Å². The summed E-state index contributed by atoms with van der Waals surface area (Å²) in [5, 5.41) is 23.0. The molecule has 0 unspecified atom stereocenters. The van der Waals surface area contributed by atoms with E-state index in [4.69, 9.17) is 39.5 Å². The highest BCUT2D eigenvalue weighted by Gasteiger charge is 2.16. The summed E-state index contributed by atoms with van der Waals surface area (Å²) in [5.74, 6) is -0.537. The van der Waals surface area contributed by atoms with Crippen molar-refractivity contribution in [2.24, 2.45) is 0 Å².